The fourth-order valence-corrected chi connectivity index (χ4v) is 4.47. The molecule has 2 N–H and O–H groups in total. The van der Waals surface area contributed by atoms with Gasteiger partial charge in [0.2, 0.25) is 0 Å². The smallest absolute Gasteiger partial charge is 0.408 e. The van der Waals surface area contributed by atoms with Crippen molar-refractivity contribution in [1.82, 2.24) is 10.6 Å². The van der Waals surface area contributed by atoms with E-state index in [4.69, 9.17) is 18.9 Å². The zero-order chi connectivity index (χ0) is 31.5. The molecule has 2 amide bonds. The maximum absolute atomic E-state index is 11.7. The molecule has 0 saturated heterocycles. The minimum Gasteiger partial charge on any atom is -0.464 e. The summed E-state index contributed by atoms with van der Waals surface area (Å²) in [5.41, 5.74) is -1.35. The normalized spacial score (nSPS) is 14.0. The number of alkyl carbamates (subject to hydrolysis) is 2. The first-order chi connectivity index (χ1) is 18.4. The lowest BCUT2D eigenvalue weighted by molar-refractivity contribution is -0.145. The lowest BCUT2D eigenvalue weighted by atomic mass is 10.2. The Morgan fingerprint density at radius 1 is 0.700 bits per heavy atom. The summed E-state index contributed by atoms with van der Waals surface area (Å²) in [5, 5.41) is 4.77. The zero-order valence-electron chi connectivity index (χ0n) is 24.9. The first-order valence-electron chi connectivity index (χ1n) is 12.6. The molecule has 0 heterocycles. The lowest BCUT2D eigenvalue weighted by Gasteiger charge is -2.22. The minimum absolute atomic E-state index is 0.0376. The molecule has 0 aromatic rings. The molecular weight excluding hydrogens is 564 g/mol. The first-order valence-corrected chi connectivity index (χ1v) is 15.6. The highest BCUT2D eigenvalue weighted by Crippen LogP contribution is 2.08. The molecule has 0 spiro atoms. The summed E-state index contributed by atoms with van der Waals surface area (Å²) < 4.78 is 43.1. The Balaban J connectivity index is 0. The summed E-state index contributed by atoms with van der Waals surface area (Å²) in [6, 6.07) is -1.99. The van der Waals surface area contributed by atoms with Crippen molar-refractivity contribution in [1.29, 1.82) is 0 Å². The second-order valence-corrected chi connectivity index (χ2v) is 13.1. The first kappa shape index (κ1) is 39.4. The number of rotatable bonds is 14. The van der Waals surface area contributed by atoms with Crippen molar-refractivity contribution in [3.63, 3.8) is 0 Å². The van der Waals surface area contributed by atoms with Crippen LogP contribution in [-0.4, -0.2) is 92.1 Å². The molecule has 12 nitrogen and oxygen atoms in total. The van der Waals surface area contributed by atoms with Gasteiger partial charge in [0.25, 0.3) is 0 Å². The van der Waals surface area contributed by atoms with Gasteiger partial charge in [-0.1, -0.05) is 12.2 Å². The second kappa shape index (κ2) is 20.2. The molecule has 14 heteroatoms. The van der Waals surface area contributed by atoms with Crippen LogP contribution in [-0.2, 0) is 50.1 Å². The molecule has 0 aliphatic carbocycles. The van der Waals surface area contributed by atoms with E-state index >= 15 is 0 Å². The highest BCUT2D eigenvalue weighted by molar-refractivity contribution is 7.85. The van der Waals surface area contributed by atoms with Crippen molar-refractivity contribution in [2.75, 3.05) is 36.2 Å². The van der Waals surface area contributed by atoms with Crippen LogP contribution < -0.4 is 10.6 Å². The van der Waals surface area contributed by atoms with E-state index < -0.39 is 69.0 Å². The lowest BCUT2D eigenvalue weighted by Crippen LogP contribution is -2.47. The molecule has 0 aromatic heterocycles. The van der Waals surface area contributed by atoms with E-state index in [9.17, 15) is 27.6 Å². The topological polar surface area (TPSA) is 163 Å². The highest BCUT2D eigenvalue weighted by atomic mass is 32.2. The number of carbonyl (C=O) groups is 4. The molecule has 0 radical (unpaired) electrons. The predicted molar refractivity (Wildman–Crippen MR) is 156 cm³/mol. The Morgan fingerprint density at radius 2 is 1.00 bits per heavy atom. The number of hydrogen-bond donors (Lipinski definition) is 2. The average Bonchev–Trinajstić information content (AvgIpc) is 2.76. The molecule has 0 bridgehead atoms. The SMILES string of the molecule is C=CC[S@@](=O)C[C@H](NC(=O)OC(C)(C)C)C(=O)OCC.C=CC[S@@](=O)C[C@H](NC(=O)OC(C)(C)C)C(=O)OCC. The quantitative estimate of drug-likeness (QED) is 0.170. The highest BCUT2D eigenvalue weighted by Gasteiger charge is 2.28. The van der Waals surface area contributed by atoms with E-state index in [1.807, 2.05) is 0 Å². The Kier molecular flexibility index (Phi) is 19.9. The van der Waals surface area contributed by atoms with E-state index in [1.165, 1.54) is 12.2 Å². The standard InChI is InChI=1S/2C13H23NO5S/c2*1-6-8-20(17)9-10(11(15)18-7-2)14-12(16)19-13(3,4)5/h2*6,10H,1,7-9H2,2-5H3,(H,14,16)/t2*10-,20+/m00/s1. The molecule has 0 aliphatic rings. The van der Waals surface area contributed by atoms with Gasteiger partial charge in [0.05, 0.1) is 24.7 Å². The number of esters is 2. The van der Waals surface area contributed by atoms with Crippen molar-refractivity contribution >= 4 is 45.7 Å². The third kappa shape index (κ3) is 22.1. The Labute approximate surface area is 242 Å². The van der Waals surface area contributed by atoms with Gasteiger partial charge < -0.3 is 29.6 Å². The Hall–Kier alpha value is -2.74. The molecule has 0 aliphatic heterocycles. The monoisotopic (exact) mass is 610 g/mol. The van der Waals surface area contributed by atoms with Crippen LogP contribution in [0.15, 0.2) is 25.3 Å². The number of ether oxygens (including phenoxy) is 4. The number of amides is 2. The van der Waals surface area contributed by atoms with Crippen LogP contribution in [0.1, 0.15) is 55.4 Å². The van der Waals surface area contributed by atoms with E-state index in [0.717, 1.165) is 0 Å². The van der Waals surface area contributed by atoms with Crippen LogP contribution in [0.3, 0.4) is 0 Å². The van der Waals surface area contributed by atoms with Crippen molar-refractivity contribution in [3.05, 3.63) is 25.3 Å². The minimum atomic E-state index is -1.30. The number of carbonyl (C=O) groups excluding carboxylic acids is 4. The van der Waals surface area contributed by atoms with Gasteiger partial charge in [-0.05, 0) is 55.4 Å². The van der Waals surface area contributed by atoms with Crippen LogP contribution in [0, 0.1) is 0 Å². The van der Waals surface area contributed by atoms with E-state index in [1.54, 1.807) is 55.4 Å². The average molecular weight is 611 g/mol. The molecule has 0 saturated carbocycles. The molecule has 0 aromatic carbocycles. The molecule has 0 fully saturated rings. The zero-order valence-corrected chi connectivity index (χ0v) is 26.5. The van der Waals surface area contributed by atoms with Gasteiger partial charge in [0.15, 0.2) is 0 Å². The van der Waals surface area contributed by atoms with E-state index in [-0.39, 0.29) is 36.2 Å². The molecule has 0 rings (SSSR count). The van der Waals surface area contributed by atoms with Crippen LogP contribution in [0.5, 0.6) is 0 Å². The van der Waals surface area contributed by atoms with Gasteiger partial charge in [-0.25, -0.2) is 19.2 Å². The summed E-state index contributed by atoms with van der Waals surface area (Å²) in [6.07, 6.45) is 1.50. The molecular formula is C26H46N2O10S2. The van der Waals surface area contributed by atoms with Gasteiger partial charge in [-0.2, -0.15) is 0 Å². The number of hydrogen-bond acceptors (Lipinski definition) is 10. The molecule has 4 atom stereocenters. The van der Waals surface area contributed by atoms with Crippen molar-refractivity contribution in [2.24, 2.45) is 0 Å². The van der Waals surface area contributed by atoms with Crippen LogP contribution in [0.4, 0.5) is 9.59 Å². The summed E-state index contributed by atoms with van der Waals surface area (Å²) in [7, 11) is -2.61. The van der Waals surface area contributed by atoms with Crippen molar-refractivity contribution < 1.29 is 46.5 Å². The maximum atomic E-state index is 11.7. The van der Waals surface area contributed by atoms with E-state index in [2.05, 4.69) is 23.8 Å². The fraction of sp³-hybridized carbons (Fsp3) is 0.692. The van der Waals surface area contributed by atoms with Crippen LogP contribution in [0.2, 0.25) is 0 Å². The summed E-state index contributed by atoms with van der Waals surface area (Å²) >= 11 is 0. The van der Waals surface area contributed by atoms with Crippen molar-refractivity contribution in [2.45, 2.75) is 78.7 Å². The Bertz CT molecular complexity index is 823. The van der Waals surface area contributed by atoms with Gasteiger partial charge in [-0.3, -0.25) is 8.42 Å². The van der Waals surface area contributed by atoms with Crippen LogP contribution >= 0.6 is 0 Å². The van der Waals surface area contributed by atoms with E-state index in [0.29, 0.717) is 0 Å². The van der Waals surface area contributed by atoms with Gasteiger partial charge in [-0.15, -0.1) is 13.2 Å². The fourth-order valence-electron chi connectivity index (χ4n) is 2.49. The predicted octanol–water partition coefficient (Wildman–Crippen LogP) is 2.76. The summed E-state index contributed by atoms with van der Waals surface area (Å²) in [5.74, 6) is -0.849. The van der Waals surface area contributed by atoms with Crippen molar-refractivity contribution in [3.8, 4) is 0 Å². The third-order valence-corrected chi connectivity index (χ3v) is 6.46. The van der Waals surface area contributed by atoms with Gasteiger partial charge >= 0.3 is 24.1 Å². The van der Waals surface area contributed by atoms with Gasteiger partial charge in [0.1, 0.15) is 23.3 Å². The Morgan fingerprint density at radius 3 is 1.23 bits per heavy atom. The number of nitrogens with one attached hydrogen (secondary N) is 2. The van der Waals surface area contributed by atoms with Crippen LogP contribution in [0.25, 0.3) is 0 Å². The molecule has 232 valence electrons. The summed E-state index contributed by atoms with van der Waals surface area (Å²) in [6.45, 7) is 20.9. The third-order valence-electron chi connectivity index (χ3n) is 3.84. The second-order valence-electron chi connectivity index (χ2n) is 10.0. The maximum Gasteiger partial charge on any atom is 0.408 e. The summed E-state index contributed by atoms with van der Waals surface area (Å²) in [4.78, 5) is 46.8. The van der Waals surface area contributed by atoms with Gasteiger partial charge in [0, 0.05) is 33.1 Å². The molecule has 40 heavy (non-hydrogen) atoms. The molecule has 0 unspecified atom stereocenters. The largest absolute Gasteiger partial charge is 0.464 e.